The molecule has 0 amide bonds. The van der Waals surface area contributed by atoms with Gasteiger partial charge in [-0.25, -0.2) is 0 Å². The molecule has 5 nitrogen and oxygen atoms in total. The van der Waals surface area contributed by atoms with Crippen molar-refractivity contribution in [2.24, 2.45) is 0 Å². The lowest BCUT2D eigenvalue weighted by atomic mass is 10.2. The maximum Gasteiger partial charge on any atom is 0.303 e. The summed E-state index contributed by atoms with van der Waals surface area (Å²) in [5, 5.41) is 21.0. The van der Waals surface area contributed by atoms with E-state index in [-0.39, 0.29) is 12.8 Å². The first-order valence-electron chi connectivity index (χ1n) is 5.68. The summed E-state index contributed by atoms with van der Waals surface area (Å²) in [6, 6.07) is 3.88. The van der Waals surface area contributed by atoms with Gasteiger partial charge in [0.25, 0.3) is 0 Å². The van der Waals surface area contributed by atoms with Crippen molar-refractivity contribution in [3.8, 4) is 0 Å². The number of hydrogen-bond donors (Lipinski definition) is 3. The van der Waals surface area contributed by atoms with Crippen LogP contribution in [0.25, 0.3) is 0 Å². The molecule has 1 unspecified atom stereocenters. The van der Waals surface area contributed by atoms with Crippen molar-refractivity contribution in [3.63, 3.8) is 0 Å². The Kier molecular flexibility index (Phi) is 6.21. The first-order valence-corrected chi connectivity index (χ1v) is 5.68. The summed E-state index contributed by atoms with van der Waals surface area (Å²) in [5.74, 6) is -0.876. The predicted molar refractivity (Wildman–Crippen MR) is 63.7 cm³/mol. The lowest BCUT2D eigenvalue weighted by Gasteiger charge is -2.10. The fourth-order valence-corrected chi connectivity index (χ4v) is 1.44. The van der Waals surface area contributed by atoms with Crippen molar-refractivity contribution in [3.05, 3.63) is 30.1 Å². The van der Waals surface area contributed by atoms with Crippen LogP contribution in [0.1, 0.15) is 18.4 Å². The molecule has 0 aliphatic heterocycles. The lowest BCUT2D eigenvalue weighted by Crippen LogP contribution is -2.28. The molecule has 1 atom stereocenters. The first-order chi connectivity index (χ1) is 8.18. The summed E-state index contributed by atoms with van der Waals surface area (Å²) in [4.78, 5) is 14.3. The largest absolute Gasteiger partial charge is 0.481 e. The third-order valence-corrected chi connectivity index (χ3v) is 2.38. The average Bonchev–Trinajstić information content (AvgIpc) is 2.33. The second-order valence-electron chi connectivity index (χ2n) is 3.90. The number of aromatic nitrogens is 1. The molecule has 0 saturated heterocycles. The summed E-state index contributed by atoms with van der Waals surface area (Å²) < 4.78 is 0. The van der Waals surface area contributed by atoms with Gasteiger partial charge in [0.2, 0.25) is 0 Å². The Morgan fingerprint density at radius 3 is 3.00 bits per heavy atom. The molecule has 0 aliphatic carbocycles. The summed E-state index contributed by atoms with van der Waals surface area (Å²) >= 11 is 0. The van der Waals surface area contributed by atoms with Crippen molar-refractivity contribution >= 4 is 5.97 Å². The number of aliphatic carboxylic acids is 1. The van der Waals surface area contributed by atoms with Gasteiger partial charge in [-0.1, -0.05) is 6.07 Å². The smallest absolute Gasteiger partial charge is 0.303 e. The Hall–Kier alpha value is -1.46. The van der Waals surface area contributed by atoms with Gasteiger partial charge in [0, 0.05) is 25.4 Å². The van der Waals surface area contributed by atoms with E-state index in [2.05, 4.69) is 10.3 Å². The third kappa shape index (κ3) is 6.65. The Morgan fingerprint density at radius 1 is 1.53 bits per heavy atom. The van der Waals surface area contributed by atoms with Gasteiger partial charge in [0.1, 0.15) is 0 Å². The summed E-state index contributed by atoms with van der Waals surface area (Å²) in [5.41, 5.74) is 1.14. The number of aliphatic hydroxyl groups is 1. The van der Waals surface area contributed by atoms with Crippen LogP contribution in [0.2, 0.25) is 0 Å². The molecule has 0 aromatic carbocycles. The molecule has 1 rings (SSSR count). The van der Waals surface area contributed by atoms with E-state index in [0.29, 0.717) is 6.54 Å². The van der Waals surface area contributed by atoms with Gasteiger partial charge in [-0.2, -0.15) is 0 Å². The van der Waals surface area contributed by atoms with Crippen LogP contribution in [0.15, 0.2) is 24.5 Å². The Labute approximate surface area is 101 Å². The van der Waals surface area contributed by atoms with E-state index in [9.17, 15) is 9.90 Å². The topological polar surface area (TPSA) is 82.5 Å². The number of carboxylic acid groups (broad SMARTS) is 1. The maximum absolute atomic E-state index is 10.3. The van der Waals surface area contributed by atoms with Crippen LogP contribution >= 0.6 is 0 Å². The Bertz CT molecular complexity index is 330. The number of nitrogens with one attached hydrogen (secondary N) is 1. The second kappa shape index (κ2) is 7.76. The minimum atomic E-state index is -0.876. The van der Waals surface area contributed by atoms with E-state index < -0.39 is 12.1 Å². The minimum Gasteiger partial charge on any atom is -0.481 e. The number of pyridine rings is 1. The quantitative estimate of drug-likeness (QED) is 0.572. The molecule has 94 valence electrons. The van der Waals surface area contributed by atoms with Gasteiger partial charge in [-0.15, -0.1) is 0 Å². The first kappa shape index (κ1) is 13.6. The molecular formula is C12H18N2O3. The van der Waals surface area contributed by atoms with Gasteiger partial charge in [0.15, 0.2) is 0 Å². The number of hydrogen-bond acceptors (Lipinski definition) is 4. The van der Waals surface area contributed by atoms with E-state index >= 15 is 0 Å². The van der Waals surface area contributed by atoms with E-state index in [1.54, 1.807) is 6.20 Å². The molecule has 17 heavy (non-hydrogen) atoms. The molecule has 0 aliphatic rings. The molecule has 1 aromatic heterocycles. The Balaban J connectivity index is 2.06. The summed E-state index contributed by atoms with van der Waals surface area (Å²) in [6.45, 7) is 1.17. The lowest BCUT2D eigenvalue weighted by molar-refractivity contribution is -0.137. The van der Waals surface area contributed by atoms with Gasteiger partial charge >= 0.3 is 5.97 Å². The number of aliphatic hydroxyl groups excluding tert-OH is 1. The van der Waals surface area contributed by atoms with Crippen molar-refractivity contribution < 1.29 is 15.0 Å². The zero-order valence-electron chi connectivity index (χ0n) is 9.67. The second-order valence-corrected chi connectivity index (χ2v) is 3.90. The van der Waals surface area contributed by atoms with Crippen LogP contribution < -0.4 is 5.32 Å². The number of carbonyl (C=O) groups is 1. The third-order valence-electron chi connectivity index (χ3n) is 2.38. The summed E-state index contributed by atoms with van der Waals surface area (Å²) in [6.07, 6.45) is 4.08. The summed E-state index contributed by atoms with van der Waals surface area (Å²) in [7, 11) is 0. The molecular weight excluding hydrogens is 220 g/mol. The SMILES string of the molecule is O=C(O)CCC(O)CNCCc1cccnc1. The van der Waals surface area contributed by atoms with E-state index in [1.807, 2.05) is 18.3 Å². The molecule has 0 radical (unpaired) electrons. The van der Waals surface area contributed by atoms with Crippen LogP contribution in [0.5, 0.6) is 0 Å². The zero-order chi connectivity index (χ0) is 12.5. The van der Waals surface area contributed by atoms with Crippen molar-refractivity contribution in [1.82, 2.24) is 10.3 Å². The van der Waals surface area contributed by atoms with Gasteiger partial charge in [-0.3, -0.25) is 9.78 Å². The standard InChI is InChI=1S/C12H18N2O3/c15-11(3-4-12(16)17)9-14-7-5-10-2-1-6-13-8-10/h1-2,6,8,11,14-15H,3-5,7,9H2,(H,16,17). The van der Waals surface area contributed by atoms with Gasteiger partial charge in [0.05, 0.1) is 6.10 Å². The maximum atomic E-state index is 10.3. The number of nitrogens with zero attached hydrogens (tertiary/aromatic N) is 1. The van der Waals surface area contributed by atoms with Crippen LogP contribution in [0.3, 0.4) is 0 Å². The van der Waals surface area contributed by atoms with Crippen LogP contribution in [-0.2, 0) is 11.2 Å². The molecule has 0 spiro atoms. The average molecular weight is 238 g/mol. The van der Waals surface area contributed by atoms with E-state index in [0.717, 1.165) is 18.5 Å². The molecule has 0 saturated carbocycles. The van der Waals surface area contributed by atoms with Gasteiger partial charge in [-0.05, 0) is 31.0 Å². The Morgan fingerprint density at radius 2 is 2.35 bits per heavy atom. The predicted octanol–water partition coefficient (Wildman–Crippen LogP) is 0.439. The molecule has 1 heterocycles. The highest BCUT2D eigenvalue weighted by Crippen LogP contribution is 1.97. The molecule has 5 heteroatoms. The zero-order valence-corrected chi connectivity index (χ0v) is 9.67. The normalized spacial score (nSPS) is 12.3. The van der Waals surface area contributed by atoms with Crippen molar-refractivity contribution in [2.45, 2.75) is 25.4 Å². The van der Waals surface area contributed by atoms with E-state index in [4.69, 9.17) is 5.11 Å². The van der Waals surface area contributed by atoms with Crippen LogP contribution in [0.4, 0.5) is 0 Å². The minimum absolute atomic E-state index is 0.00541. The molecule has 0 fully saturated rings. The highest BCUT2D eigenvalue weighted by molar-refractivity contribution is 5.66. The molecule has 1 aromatic rings. The highest BCUT2D eigenvalue weighted by Gasteiger charge is 2.06. The fourth-order valence-electron chi connectivity index (χ4n) is 1.44. The van der Waals surface area contributed by atoms with Crippen LogP contribution in [0, 0.1) is 0 Å². The van der Waals surface area contributed by atoms with Crippen molar-refractivity contribution in [2.75, 3.05) is 13.1 Å². The highest BCUT2D eigenvalue weighted by atomic mass is 16.4. The number of carboxylic acids is 1. The van der Waals surface area contributed by atoms with Crippen LogP contribution in [-0.4, -0.2) is 40.4 Å². The number of rotatable bonds is 8. The molecule has 3 N–H and O–H groups in total. The van der Waals surface area contributed by atoms with E-state index in [1.165, 1.54) is 0 Å². The monoisotopic (exact) mass is 238 g/mol. The van der Waals surface area contributed by atoms with Gasteiger partial charge < -0.3 is 15.5 Å². The van der Waals surface area contributed by atoms with Crippen molar-refractivity contribution in [1.29, 1.82) is 0 Å². The fraction of sp³-hybridized carbons (Fsp3) is 0.500. The molecule has 0 bridgehead atoms.